The van der Waals surface area contributed by atoms with Crippen LogP contribution in [0, 0.1) is 5.82 Å². The summed E-state index contributed by atoms with van der Waals surface area (Å²) >= 11 is 0. The summed E-state index contributed by atoms with van der Waals surface area (Å²) < 4.78 is 20.3. The zero-order chi connectivity index (χ0) is 22.6. The number of hydrogen-bond acceptors (Lipinski definition) is 5. The number of halogens is 1. The van der Waals surface area contributed by atoms with Gasteiger partial charge in [-0.3, -0.25) is 4.79 Å². The molecule has 0 saturated heterocycles. The molecular weight excluding hydrogens is 409 g/mol. The zero-order valence-corrected chi connectivity index (χ0v) is 18.2. The van der Waals surface area contributed by atoms with E-state index in [-0.39, 0.29) is 17.8 Å². The minimum absolute atomic E-state index is 0.190. The summed E-state index contributed by atoms with van der Waals surface area (Å²) in [5.41, 5.74) is 2.65. The predicted octanol–water partition coefficient (Wildman–Crippen LogP) is 4.96. The molecule has 0 aliphatic rings. The van der Waals surface area contributed by atoms with Crippen LogP contribution in [0.3, 0.4) is 0 Å². The van der Waals surface area contributed by atoms with Crippen LogP contribution in [-0.4, -0.2) is 34.4 Å². The fourth-order valence-electron chi connectivity index (χ4n) is 3.34. The summed E-state index contributed by atoms with van der Waals surface area (Å²) in [4.78, 5) is 21.3. The van der Waals surface area contributed by atoms with Gasteiger partial charge in [-0.15, -0.1) is 0 Å². The Balaban J connectivity index is 1.76. The van der Waals surface area contributed by atoms with Crippen LogP contribution in [0.15, 0.2) is 78.5 Å². The van der Waals surface area contributed by atoms with Crippen molar-refractivity contribution < 1.29 is 18.8 Å². The molecule has 2 aromatic carbocycles. The molecule has 0 spiro atoms. The van der Waals surface area contributed by atoms with Crippen LogP contribution in [0.4, 0.5) is 4.39 Å². The first-order valence-electron chi connectivity index (χ1n) is 10.8. The van der Waals surface area contributed by atoms with Gasteiger partial charge in [-0.1, -0.05) is 47.6 Å². The number of unbranched alkanes of at least 4 members (excludes halogenated alkanes) is 1. The molecule has 1 unspecified atom stereocenters. The molecule has 0 N–H and O–H groups in total. The molecule has 0 saturated carbocycles. The average Bonchev–Trinajstić information content (AvgIpc) is 3.34. The largest absolute Gasteiger partial charge is 0.466 e. The van der Waals surface area contributed by atoms with Gasteiger partial charge in [-0.05, 0) is 43.9 Å². The Morgan fingerprint density at radius 3 is 2.59 bits per heavy atom. The molecule has 0 fully saturated rings. The Bertz CT molecular complexity index is 973. The highest BCUT2D eigenvalue weighted by molar-refractivity contribution is 6.03. The lowest BCUT2D eigenvalue weighted by molar-refractivity contribution is -0.143. The zero-order valence-electron chi connectivity index (χ0n) is 18.2. The van der Waals surface area contributed by atoms with Crippen LogP contribution in [0.2, 0.25) is 0 Å². The average molecular weight is 438 g/mol. The molecule has 1 atom stereocenters. The van der Waals surface area contributed by atoms with E-state index in [1.807, 2.05) is 41.1 Å². The Labute approximate surface area is 187 Å². The van der Waals surface area contributed by atoms with Crippen molar-refractivity contribution in [2.45, 2.75) is 38.6 Å². The van der Waals surface area contributed by atoms with E-state index in [9.17, 15) is 9.18 Å². The topological polar surface area (TPSA) is 65.7 Å². The van der Waals surface area contributed by atoms with Crippen LogP contribution in [0.5, 0.6) is 0 Å². The van der Waals surface area contributed by atoms with Gasteiger partial charge in [0.2, 0.25) is 0 Å². The minimum Gasteiger partial charge on any atom is -0.466 e. The maximum atomic E-state index is 13.4. The monoisotopic (exact) mass is 437 g/mol. The Kier molecular flexibility index (Phi) is 8.98. The van der Waals surface area contributed by atoms with Gasteiger partial charge < -0.3 is 14.1 Å². The number of ether oxygens (including phenoxy) is 1. The number of hydrogen-bond donors (Lipinski definition) is 0. The number of imidazole rings is 1. The smallest absolute Gasteiger partial charge is 0.305 e. The Hall–Kier alpha value is -3.48. The molecule has 0 radical (unpaired) electrons. The van der Waals surface area contributed by atoms with Crippen molar-refractivity contribution in [1.29, 1.82) is 0 Å². The second-order valence-corrected chi connectivity index (χ2v) is 7.29. The van der Waals surface area contributed by atoms with Crippen LogP contribution >= 0.6 is 0 Å². The lowest BCUT2D eigenvalue weighted by atomic mass is 9.96. The number of esters is 1. The van der Waals surface area contributed by atoms with Crippen molar-refractivity contribution in [2.75, 3.05) is 13.2 Å². The number of carbonyl (C=O) groups is 1. The van der Waals surface area contributed by atoms with E-state index in [1.54, 1.807) is 31.6 Å². The lowest BCUT2D eigenvalue weighted by Gasteiger charge is -2.21. The third kappa shape index (κ3) is 7.04. The molecule has 0 aliphatic carbocycles. The van der Waals surface area contributed by atoms with Crippen molar-refractivity contribution >= 4 is 11.7 Å². The third-order valence-corrected chi connectivity index (χ3v) is 4.95. The van der Waals surface area contributed by atoms with Gasteiger partial charge in [0.15, 0.2) is 0 Å². The van der Waals surface area contributed by atoms with E-state index in [4.69, 9.17) is 9.57 Å². The van der Waals surface area contributed by atoms with Crippen molar-refractivity contribution in [3.8, 4) is 0 Å². The van der Waals surface area contributed by atoms with Crippen molar-refractivity contribution in [3.05, 3.63) is 90.3 Å². The van der Waals surface area contributed by atoms with Crippen LogP contribution in [0.25, 0.3) is 0 Å². The maximum Gasteiger partial charge on any atom is 0.305 e. The molecule has 32 heavy (non-hydrogen) atoms. The van der Waals surface area contributed by atoms with Crippen molar-refractivity contribution in [1.82, 2.24) is 9.55 Å². The summed E-state index contributed by atoms with van der Waals surface area (Å²) in [7, 11) is 0. The highest BCUT2D eigenvalue weighted by Crippen LogP contribution is 2.22. The highest BCUT2D eigenvalue weighted by Gasteiger charge is 2.21. The van der Waals surface area contributed by atoms with Gasteiger partial charge in [-0.2, -0.15) is 0 Å². The quantitative estimate of drug-likeness (QED) is 0.174. The van der Waals surface area contributed by atoms with Gasteiger partial charge in [0, 0.05) is 24.4 Å². The van der Waals surface area contributed by atoms with Crippen molar-refractivity contribution in [3.63, 3.8) is 0 Å². The number of oxime groups is 1. The molecule has 168 valence electrons. The standard InChI is InChI=1S/C25H28FN3O3/c1-2-31-24(30)10-6-7-17-32-28-25(21-8-4-3-5-9-21)23(29-16-15-27-19-29)18-20-11-13-22(26)14-12-20/h3-5,8-9,11-16,19,23H,2,6-7,10,17-18H2,1H3/b28-25+. The lowest BCUT2D eigenvalue weighted by Crippen LogP contribution is -2.22. The number of carbonyl (C=O) groups excluding carboxylic acids is 1. The molecular formula is C25H28FN3O3. The molecule has 3 aromatic rings. The predicted molar refractivity (Wildman–Crippen MR) is 121 cm³/mol. The van der Waals surface area contributed by atoms with Gasteiger partial charge in [0.25, 0.3) is 0 Å². The summed E-state index contributed by atoms with van der Waals surface area (Å²) in [6.07, 6.45) is 7.67. The van der Waals surface area contributed by atoms with Crippen LogP contribution in [0.1, 0.15) is 43.4 Å². The SMILES string of the molecule is CCOC(=O)CCCCO/N=C(\c1ccccc1)C(Cc1ccc(F)cc1)n1ccnc1. The fraction of sp³-hybridized carbons (Fsp3) is 0.320. The normalized spacial score (nSPS) is 12.4. The highest BCUT2D eigenvalue weighted by atomic mass is 19.1. The third-order valence-electron chi connectivity index (χ3n) is 4.95. The second kappa shape index (κ2) is 12.4. The molecule has 7 heteroatoms. The second-order valence-electron chi connectivity index (χ2n) is 7.29. The van der Waals surface area contributed by atoms with E-state index in [0.717, 1.165) is 16.8 Å². The van der Waals surface area contributed by atoms with E-state index < -0.39 is 0 Å². The van der Waals surface area contributed by atoms with E-state index in [1.165, 1.54) is 12.1 Å². The maximum absolute atomic E-state index is 13.4. The van der Waals surface area contributed by atoms with Crippen molar-refractivity contribution in [2.24, 2.45) is 5.16 Å². The van der Waals surface area contributed by atoms with Gasteiger partial charge >= 0.3 is 5.97 Å². The molecule has 1 aromatic heterocycles. The molecule has 0 amide bonds. The fourth-order valence-corrected chi connectivity index (χ4v) is 3.34. The van der Waals surface area contributed by atoms with Crippen LogP contribution < -0.4 is 0 Å². The minimum atomic E-state index is -0.268. The first kappa shape index (κ1) is 23.2. The van der Waals surface area contributed by atoms with Gasteiger partial charge in [0.1, 0.15) is 18.1 Å². The van der Waals surface area contributed by atoms with Gasteiger partial charge in [0.05, 0.1) is 19.0 Å². The molecule has 6 nitrogen and oxygen atoms in total. The number of aromatic nitrogens is 2. The van der Waals surface area contributed by atoms with E-state index in [0.29, 0.717) is 38.9 Å². The molecule has 0 aliphatic heterocycles. The number of benzene rings is 2. The summed E-state index contributed by atoms with van der Waals surface area (Å²) in [5, 5.41) is 4.49. The van der Waals surface area contributed by atoms with Crippen LogP contribution in [-0.2, 0) is 20.8 Å². The Morgan fingerprint density at radius 2 is 1.91 bits per heavy atom. The first-order chi connectivity index (χ1) is 15.7. The molecule has 3 rings (SSSR count). The summed E-state index contributed by atoms with van der Waals surface area (Å²) in [6.45, 7) is 2.58. The van der Waals surface area contributed by atoms with Gasteiger partial charge in [-0.25, -0.2) is 9.37 Å². The Morgan fingerprint density at radius 1 is 1.12 bits per heavy atom. The summed E-state index contributed by atoms with van der Waals surface area (Å²) in [5.74, 6) is -0.462. The van der Waals surface area contributed by atoms with E-state index >= 15 is 0 Å². The number of nitrogens with zero attached hydrogens (tertiary/aromatic N) is 3. The number of rotatable bonds is 12. The molecule has 0 bridgehead atoms. The summed E-state index contributed by atoms with van der Waals surface area (Å²) in [6, 6.07) is 16.1. The first-order valence-corrected chi connectivity index (χ1v) is 10.8. The molecule has 1 heterocycles. The van der Waals surface area contributed by atoms with E-state index in [2.05, 4.69) is 10.1 Å².